The van der Waals surface area contributed by atoms with Gasteiger partial charge in [-0.1, -0.05) is 32.8 Å². The summed E-state index contributed by atoms with van der Waals surface area (Å²) in [4.78, 5) is 4.22. The third-order valence-electron chi connectivity index (χ3n) is 3.48. The minimum atomic E-state index is 0.455. The molecular weight excluding hydrogens is 196 g/mol. The van der Waals surface area contributed by atoms with Gasteiger partial charge in [-0.15, -0.1) is 0 Å². The number of nitrogens with zero attached hydrogens (tertiary/aromatic N) is 1. The second kappa shape index (κ2) is 5.44. The molecule has 1 heterocycles. The molecule has 88 valence electrons. The van der Waals surface area contributed by atoms with Crippen molar-refractivity contribution in [2.75, 3.05) is 0 Å². The van der Waals surface area contributed by atoms with E-state index in [2.05, 4.69) is 30.2 Å². The lowest BCUT2D eigenvalue weighted by molar-refractivity contribution is 0.360. The summed E-state index contributed by atoms with van der Waals surface area (Å²) in [7, 11) is 0. The number of pyridine rings is 1. The van der Waals surface area contributed by atoms with Gasteiger partial charge in [0.25, 0.3) is 0 Å². The van der Waals surface area contributed by atoms with Crippen molar-refractivity contribution >= 4 is 0 Å². The lowest BCUT2D eigenvalue weighted by atomic mass is 9.96. The fourth-order valence-corrected chi connectivity index (χ4v) is 2.58. The van der Waals surface area contributed by atoms with E-state index in [-0.39, 0.29) is 0 Å². The monoisotopic (exact) mass is 218 g/mol. The number of aromatic nitrogens is 1. The van der Waals surface area contributed by atoms with Crippen LogP contribution in [0.4, 0.5) is 0 Å². The molecule has 0 saturated heterocycles. The zero-order valence-corrected chi connectivity index (χ0v) is 10.3. The highest BCUT2D eigenvalue weighted by Gasteiger charge is 2.22. The first-order valence-corrected chi connectivity index (χ1v) is 6.43. The van der Waals surface area contributed by atoms with Crippen LogP contribution in [0.3, 0.4) is 0 Å². The van der Waals surface area contributed by atoms with Gasteiger partial charge in [0.05, 0.1) is 0 Å². The smallest absolute Gasteiger partial charge is 0.0361 e. The minimum Gasteiger partial charge on any atom is -0.307 e. The van der Waals surface area contributed by atoms with E-state index < -0.39 is 0 Å². The van der Waals surface area contributed by atoms with Crippen molar-refractivity contribution in [2.45, 2.75) is 51.6 Å². The van der Waals surface area contributed by atoms with Crippen LogP contribution in [0.1, 0.15) is 51.1 Å². The van der Waals surface area contributed by atoms with E-state index in [0.717, 1.165) is 0 Å². The topological polar surface area (TPSA) is 24.9 Å². The zero-order valence-electron chi connectivity index (χ0n) is 10.3. The molecule has 1 aliphatic rings. The molecule has 16 heavy (non-hydrogen) atoms. The van der Waals surface area contributed by atoms with E-state index in [4.69, 9.17) is 0 Å². The molecular formula is C14H22N2. The van der Waals surface area contributed by atoms with Crippen LogP contribution in [0.25, 0.3) is 0 Å². The summed E-state index contributed by atoms with van der Waals surface area (Å²) in [6.07, 6.45) is 9.28. The van der Waals surface area contributed by atoms with Crippen LogP contribution < -0.4 is 5.32 Å². The van der Waals surface area contributed by atoms with Crippen molar-refractivity contribution < 1.29 is 0 Å². The lowest BCUT2D eigenvalue weighted by Gasteiger charge is -2.26. The van der Waals surface area contributed by atoms with Crippen LogP contribution in [-0.2, 0) is 0 Å². The first-order chi connectivity index (χ1) is 7.77. The highest BCUT2D eigenvalue weighted by atomic mass is 15.0. The highest BCUT2D eigenvalue weighted by Crippen LogP contribution is 2.26. The Morgan fingerprint density at radius 1 is 1.31 bits per heavy atom. The third-order valence-corrected chi connectivity index (χ3v) is 3.48. The molecule has 0 spiro atoms. The van der Waals surface area contributed by atoms with E-state index >= 15 is 0 Å². The van der Waals surface area contributed by atoms with Crippen LogP contribution in [0.2, 0.25) is 0 Å². The molecule has 0 bridgehead atoms. The molecule has 0 radical (unpaired) electrons. The van der Waals surface area contributed by atoms with Gasteiger partial charge in [-0.05, 0) is 30.4 Å². The Morgan fingerprint density at radius 3 is 2.62 bits per heavy atom. The molecule has 1 aliphatic carbocycles. The minimum absolute atomic E-state index is 0.455. The molecule has 1 saturated carbocycles. The molecule has 1 unspecified atom stereocenters. The Kier molecular flexibility index (Phi) is 3.94. The van der Waals surface area contributed by atoms with Crippen LogP contribution in [0, 0.1) is 5.92 Å². The molecule has 0 aliphatic heterocycles. The molecule has 2 rings (SSSR count). The molecule has 2 nitrogen and oxygen atoms in total. The van der Waals surface area contributed by atoms with Crippen molar-refractivity contribution in [3.63, 3.8) is 0 Å². The van der Waals surface area contributed by atoms with Gasteiger partial charge < -0.3 is 5.32 Å². The number of rotatable bonds is 4. The normalized spacial score (nSPS) is 19.2. The Balaban J connectivity index is 2.05. The van der Waals surface area contributed by atoms with Crippen molar-refractivity contribution in [1.29, 1.82) is 0 Å². The quantitative estimate of drug-likeness (QED) is 0.838. The summed E-state index contributed by atoms with van der Waals surface area (Å²) in [5.74, 6) is 0.616. The fraction of sp³-hybridized carbons (Fsp3) is 0.643. The van der Waals surface area contributed by atoms with Crippen molar-refractivity contribution in [3.05, 3.63) is 30.1 Å². The van der Waals surface area contributed by atoms with Gasteiger partial charge in [0, 0.05) is 24.5 Å². The zero-order chi connectivity index (χ0) is 11.4. The summed E-state index contributed by atoms with van der Waals surface area (Å²) in [6.45, 7) is 4.55. The van der Waals surface area contributed by atoms with E-state index in [1.54, 1.807) is 0 Å². The van der Waals surface area contributed by atoms with Gasteiger partial charge in [0.15, 0.2) is 0 Å². The first-order valence-electron chi connectivity index (χ1n) is 6.43. The second-order valence-electron chi connectivity index (χ2n) is 5.16. The molecule has 1 N–H and O–H groups in total. The van der Waals surface area contributed by atoms with Crippen LogP contribution in [-0.4, -0.2) is 11.0 Å². The summed E-state index contributed by atoms with van der Waals surface area (Å²) in [6, 6.07) is 5.38. The van der Waals surface area contributed by atoms with Gasteiger partial charge >= 0.3 is 0 Å². The van der Waals surface area contributed by atoms with Crippen LogP contribution >= 0.6 is 0 Å². The van der Waals surface area contributed by atoms with Crippen LogP contribution in [0.5, 0.6) is 0 Å². The predicted molar refractivity (Wildman–Crippen MR) is 67.2 cm³/mol. The molecule has 1 aromatic rings. The first kappa shape index (κ1) is 11.6. The van der Waals surface area contributed by atoms with E-state index in [0.29, 0.717) is 18.0 Å². The summed E-state index contributed by atoms with van der Waals surface area (Å²) >= 11 is 0. The maximum absolute atomic E-state index is 4.22. The number of hydrogen-bond donors (Lipinski definition) is 1. The van der Waals surface area contributed by atoms with Crippen LogP contribution in [0.15, 0.2) is 24.5 Å². The summed E-state index contributed by atoms with van der Waals surface area (Å²) < 4.78 is 0. The van der Waals surface area contributed by atoms with Crippen molar-refractivity contribution in [3.8, 4) is 0 Å². The van der Waals surface area contributed by atoms with E-state index in [1.807, 2.05) is 18.5 Å². The Bertz CT molecular complexity index is 302. The van der Waals surface area contributed by atoms with Gasteiger partial charge in [0.2, 0.25) is 0 Å². The molecule has 1 fully saturated rings. The molecule has 2 heteroatoms. The molecule has 1 aromatic heterocycles. The average Bonchev–Trinajstić information content (AvgIpc) is 2.79. The van der Waals surface area contributed by atoms with E-state index in [1.165, 1.54) is 31.2 Å². The van der Waals surface area contributed by atoms with Gasteiger partial charge in [0.1, 0.15) is 0 Å². The summed E-state index contributed by atoms with van der Waals surface area (Å²) in [5.41, 5.74) is 1.32. The SMILES string of the molecule is CC(C)C(NC1CCCC1)c1cccnc1. The Labute approximate surface area is 98.5 Å². The molecule has 0 aromatic carbocycles. The predicted octanol–water partition coefficient (Wildman–Crippen LogP) is 3.31. The maximum Gasteiger partial charge on any atom is 0.0361 e. The van der Waals surface area contributed by atoms with E-state index in [9.17, 15) is 0 Å². The Morgan fingerprint density at radius 2 is 2.06 bits per heavy atom. The van der Waals surface area contributed by atoms with Crippen molar-refractivity contribution in [1.82, 2.24) is 10.3 Å². The molecule has 0 amide bonds. The average molecular weight is 218 g/mol. The highest BCUT2D eigenvalue weighted by molar-refractivity contribution is 5.14. The van der Waals surface area contributed by atoms with Gasteiger partial charge in [-0.3, -0.25) is 4.98 Å². The van der Waals surface area contributed by atoms with Crippen molar-refractivity contribution in [2.24, 2.45) is 5.92 Å². The fourth-order valence-electron chi connectivity index (χ4n) is 2.58. The third kappa shape index (κ3) is 2.82. The number of nitrogens with one attached hydrogen (secondary N) is 1. The van der Waals surface area contributed by atoms with Gasteiger partial charge in [-0.25, -0.2) is 0 Å². The largest absolute Gasteiger partial charge is 0.307 e. The lowest BCUT2D eigenvalue weighted by Crippen LogP contribution is -2.33. The standard InChI is InChI=1S/C14H22N2/c1-11(2)14(12-6-5-9-15-10-12)16-13-7-3-4-8-13/h5-6,9-11,13-14,16H,3-4,7-8H2,1-2H3. The molecule has 1 atom stereocenters. The maximum atomic E-state index is 4.22. The second-order valence-corrected chi connectivity index (χ2v) is 5.16. The Hall–Kier alpha value is -0.890. The summed E-state index contributed by atoms with van der Waals surface area (Å²) in [5, 5.41) is 3.79. The number of hydrogen-bond acceptors (Lipinski definition) is 2. The van der Waals surface area contributed by atoms with Gasteiger partial charge in [-0.2, -0.15) is 0 Å².